The summed E-state index contributed by atoms with van der Waals surface area (Å²) in [6, 6.07) is 12.7. The number of rotatable bonds is 3. The molecule has 0 radical (unpaired) electrons. The van der Waals surface area contributed by atoms with E-state index in [9.17, 15) is 27.9 Å². The van der Waals surface area contributed by atoms with Gasteiger partial charge in [0, 0.05) is 24.8 Å². The first kappa shape index (κ1) is 22.6. The second-order valence-electron chi connectivity index (χ2n) is 8.12. The van der Waals surface area contributed by atoms with E-state index in [0.29, 0.717) is 31.6 Å². The summed E-state index contributed by atoms with van der Waals surface area (Å²) >= 11 is 0. The molecule has 0 aliphatic carbocycles. The fraction of sp³-hybridized carbons (Fsp3) is 0.292. The Kier molecular flexibility index (Phi) is 5.97. The van der Waals surface area contributed by atoms with Gasteiger partial charge in [-0.3, -0.25) is 9.59 Å². The second-order valence-corrected chi connectivity index (χ2v) is 8.12. The Morgan fingerprint density at radius 1 is 1.06 bits per heavy atom. The fourth-order valence-electron chi connectivity index (χ4n) is 4.08. The average Bonchev–Trinajstić information content (AvgIpc) is 2.79. The van der Waals surface area contributed by atoms with Crippen LogP contribution in [-0.2, 0) is 6.18 Å². The van der Waals surface area contributed by atoms with Crippen LogP contribution >= 0.6 is 0 Å². The number of carbonyl (C=O) groups excluding carboxylic acids is 1. The molecule has 172 valence electrons. The number of carbonyl (C=O) groups is 1. The second kappa shape index (κ2) is 8.73. The maximum atomic E-state index is 13.1. The highest BCUT2D eigenvalue weighted by atomic mass is 19.4. The van der Waals surface area contributed by atoms with E-state index < -0.39 is 23.1 Å². The number of hydrogen-bond donors (Lipinski definition) is 1. The highest BCUT2D eigenvalue weighted by Gasteiger charge is 2.31. The predicted molar refractivity (Wildman–Crippen MR) is 116 cm³/mol. The predicted octanol–water partition coefficient (Wildman–Crippen LogP) is 4.29. The van der Waals surface area contributed by atoms with E-state index in [1.807, 2.05) is 12.1 Å². The van der Waals surface area contributed by atoms with Gasteiger partial charge in [0.15, 0.2) is 5.69 Å². The van der Waals surface area contributed by atoms with Crippen molar-refractivity contribution in [1.29, 1.82) is 0 Å². The molecule has 1 N–H and O–H groups in total. The maximum absolute atomic E-state index is 13.1. The molecule has 1 fully saturated rings. The number of benzene rings is 2. The minimum atomic E-state index is -4.52. The Labute approximate surface area is 187 Å². The first-order valence-electron chi connectivity index (χ1n) is 10.5. The third-order valence-electron chi connectivity index (χ3n) is 5.87. The van der Waals surface area contributed by atoms with Gasteiger partial charge in [-0.25, -0.2) is 4.68 Å². The average molecular weight is 457 g/mol. The first-order valence-corrected chi connectivity index (χ1v) is 10.5. The number of phenols is 1. The standard InChI is InChI=1S/C24H22F3N3O3/c1-15-13-21(32)22(28-30(15)19-4-2-3-18(14-19)24(25,26)27)23(33)29-11-9-17(10-12-29)16-5-7-20(31)8-6-16/h2-8,13-14,17,31H,9-12H2,1H3. The van der Waals surface area contributed by atoms with Gasteiger partial charge in [-0.2, -0.15) is 18.3 Å². The highest BCUT2D eigenvalue weighted by Crippen LogP contribution is 2.31. The Bertz CT molecular complexity index is 1230. The zero-order valence-electron chi connectivity index (χ0n) is 17.8. The smallest absolute Gasteiger partial charge is 0.416 e. The molecular formula is C24H22F3N3O3. The molecule has 33 heavy (non-hydrogen) atoms. The fourth-order valence-corrected chi connectivity index (χ4v) is 4.08. The van der Waals surface area contributed by atoms with E-state index in [1.165, 1.54) is 22.9 Å². The number of piperidine rings is 1. The molecule has 1 aromatic heterocycles. The minimum Gasteiger partial charge on any atom is -0.508 e. The molecule has 1 aliphatic rings. The third kappa shape index (κ3) is 4.76. The lowest BCUT2D eigenvalue weighted by atomic mass is 9.89. The number of phenolic OH excluding ortho intramolecular Hbond substituents is 1. The number of hydrogen-bond acceptors (Lipinski definition) is 4. The molecule has 9 heteroatoms. The van der Waals surface area contributed by atoms with Gasteiger partial charge in [-0.1, -0.05) is 18.2 Å². The van der Waals surface area contributed by atoms with Crippen LogP contribution in [0.1, 0.15) is 46.1 Å². The lowest BCUT2D eigenvalue weighted by Gasteiger charge is -2.32. The Morgan fingerprint density at radius 2 is 1.73 bits per heavy atom. The molecule has 2 heterocycles. The lowest BCUT2D eigenvalue weighted by molar-refractivity contribution is -0.137. The van der Waals surface area contributed by atoms with Crippen molar-refractivity contribution in [2.45, 2.75) is 31.9 Å². The summed E-state index contributed by atoms with van der Waals surface area (Å²) in [5, 5.41) is 13.6. The quantitative estimate of drug-likeness (QED) is 0.637. The van der Waals surface area contributed by atoms with Crippen LogP contribution in [0.3, 0.4) is 0 Å². The SMILES string of the molecule is Cc1cc(=O)c(C(=O)N2CCC(c3ccc(O)cc3)CC2)nn1-c1cccc(C(F)(F)F)c1. The van der Waals surface area contributed by atoms with Gasteiger partial charge in [0.2, 0.25) is 5.43 Å². The van der Waals surface area contributed by atoms with Crippen LogP contribution in [0, 0.1) is 6.92 Å². The van der Waals surface area contributed by atoms with Crippen LogP contribution < -0.4 is 5.43 Å². The molecule has 0 bridgehead atoms. The monoisotopic (exact) mass is 457 g/mol. The van der Waals surface area contributed by atoms with Crippen molar-refractivity contribution in [2.75, 3.05) is 13.1 Å². The van der Waals surface area contributed by atoms with Crippen molar-refractivity contribution in [3.63, 3.8) is 0 Å². The number of halogens is 3. The number of aromatic nitrogens is 2. The summed E-state index contributed by atoms with van der Waals surface area (Å²) in [6.07, 6.45) is -3.15. The number of nitrogens with zero attached hydrogens (tertiary/aromatic N) is 3. The first-order chi connectivity index (χ1) is 15.6. The summed E-state index contributed by atoms with van der Waals surface area (Å²) in [5.41, 5.74) is -0.226. The van der Waals surface area contributed by atoms with Crippen molar-refractivity contribution >= 4 is 5.91 Å². The lowest BCUT2D eigenvalue weighted by Crippen LogP contribution is -2.41. The van der Waals surface area contributed by atoms with Gasteiger partial charge in [-0.05, 0) is 61.6 Å². The zero-order chi connectivity index (χ0) is 23.8. The Hall–Kier alpha value is -3.62. The molecule has 3 aromatic rings. The third-order valence-corrected chi connectivity index (χ3v) is 5.87. The Balaban J connectivity index is 1.57. The topological polar surface area (TPSA) is 75.4 Å². The van der Waals surface area contributed by atoms with Crippen LogP contribution in [0.5, 0.6) is 5.75 Å². The summed E-state index contributed by atoms with van der Waals surface area (Å²) in [4.78, 5) is 27.1. The van der Waals surface area contributed by atoms with Gasteiger partial charge in [0.05, 0.1) is 11.3 Å². The highest BCUT2D eigenvalue weighted by molar-refractivity contribution is 5.92. The van der Waals surface area contributed by atoms with E-state index in [1.54, 1.807) is 24.0 Å². The zero-order valence-corrected chi connectivity index (χ0v) is 17.8. The van der Waals surface area contributed by atoms with Gasteiger partial charge in [0.25, 0.3) is 5.91 Å². The van der Waals surface area contributed by atoms with E-state index in [0.717, 1.165) is 17.7 Å². The normalized spacial score (nSPS) is 15.0. The van der Waals surface area contributed by atoms with Crippen LogP contribution in [-0.4, -0.2) is 38.8 Å². The number of aryl methyl sites for hydroxylation is 1. The molecule has 1 saturated heterocycles. The number of alkyl halides is 3. The molecule has 0 spiro atoms. The molecule has 1 amide bonds. The van der Waals surface area contributed by atoms with Gasteiger partial charge < -0.3 is 10.0 Å². The molecule has 0 unspecified atom stereocenters. The van der Waals surface area contributed by atoms with E-state index >= 15 is 0 Å². The van der Waals surface area contributed by atoms with Crippen molar-refractivity contribution in [2.24, 2.45) is 0 Å². The van der Waals surface area contributed by atoms with Gasteiger partial charge in [-0.15, -0.1) is 0 Å². The van der Waals surface area contributed by atoms with Gasteiger partial charge in [0.1, 0.15) is 5.75 Å². The molecule has 0 saturated carbocycles. The number of likely N-dealkylation sites (tertiary alicyclic amines) is 1. The summed E-state index contributed by atoms with van der Waals surface area (Å²) in [6.45, 7) is 2.39. The molecule has 1 aliphatic heterocycles. The number of aromatic hydroxyl groups is 1. The molecule has 2 aromatic carbocycles. The van der Waals surface area contributed by atoms with Gasteiger partial charge >= 0.3 is 6.18 Å². The van der Waals surface area contributed by atoms with Crippen molar-refractivity contribution in [1.82, 2.24) is 14.7 Å². The molecule has 6 nitrogen and oxygen atoms in total. The molecule has 4 rings (SSSR count). The molecule has 0 atom stereocenters. The van der Waals surface area contributed by atoms with Crippen LogP contribution in [0.15, 0.2) is 59.4 Å². The van der Waals surface area contributed by atoms with Crippen molar-refractivity contribution < 1.29 is 23.1 Å². The van der Waals surface area contributed by atoms with Crippen LogP contribution in [0.4, 0.5) is 13.2 Å². The van der Waals surface area contributed by atoms with E-state index in [2.05, 4.69) is 5.10 Å². The largest absolute Gasteiger partial charge is 0.508 e. The van der Waals surface area contributed by atoms with Crippen LogP contribution in [0.2, 0.25) is 0 Å². The Morgan fingerprint density at radius 3 is 2.36 bits per heavy atom. The van der Waals surface area contributed by atoms with Crippen molar-refractivity contribution in [3.8, 4) is 11.4 Å². The van der Waals surface area contributed by atoms with Crippen LogP contribution in [0.25, 0.3) is 5.69 Å². The minimum absolute atomic E-state index is 0.113. The summed E-state index contributed by atoms with van der Waals surface area (Å²) < 4.78 is 40.5. The van der Waals surface area contributed by atoms with E-state index in [4.69, 9.17) is 0 Å². The summed E-state index contributed by atoms with van der Waals surface area (Å²) in [5.74, 6) is -0.124. The maximum Gasteiger partial charge on any atom is 0.416 e. The summed E-state index contributed by atoms with van der Waals surface area (Å²) in [7, 11) is 0. The number of amides is 1. The molecular weight excluding hydrogens is 435 g/mol. The van der Waals surface area contributed by atoms with E-state index in [-0.39, 0.29) is 23.0 Å². The van der Waals surface area contributed by atoms with Crippen molar-refractivity contribution in [3.05, 3.63) is 87.3 Å².